The lowest BCUT2D eigenvalue weighted by atomic mass is 10.2. The van der Waals surface area contributed by atoms with Crippen LogP contribution < -0.4 is 4.57 Å². The maximum atomic E-state index is 9.09. The Morgan fingerprint density at radius 3 is 2.76 bits per heavy atom. The molecule has 0 spiro atoms. The molecule has 5 nitrogen and oxygen atoms in total. The van der Waals surface area contributed by atoms with Crippen LogP contribution in [0, 0.1) is 18.3 Å². The first-order chi connectivity index (χ1) is 10.2. The molecule has 2 aromatic rings. The van der Waals surface area contributed by atoms with Gasteiger partial charge in [-0.2, -0.15) is 5.26 Å². The van der Waals surface area contributed by atoms with Crippen LogP contribution in [0.25, 0.3) is 11.0 Å². The molecule has 1 aromatic heterocycles. The fourth-order valence-corrected chi connectivity index (χ4v) is 2.61. The zero-order valence-electron chi connectivity index (χ0n) is 12.9. The number of nitrogens with zero attached hydrogens (tertiary/aromatic N) is 3. The highest BCUT2D eigenvalue weighted by molar-refractivity contribution is 5.74. The number of nitriles is 1. The second-order valence-electron chi connectivity index (χ2n) is 4.86. The Balaban J connectivity index is 2.28. The molecule has 0 amide bonds. The van der Waals surface area contributed by atoms with Gasteiger partial charge in [-0.15, -0.1) is 0 Å². The van der Waals surface area contributed by atoms with E-state index in [9.17, 15) is 0 Å². The van der Waals surface area contributed by atoms with Crippen molar-refractivity contribution in [1.82, 2.24) is 4.57 Å². The Kier molecular flexibility index (Phi) is 5.32. The van der Waals surface area contributed by atoms with E-state index >= 15 is 0 Å². The van der Waals surface area contributed by atoms with Gasteiger partial charge in [-0.1, -0.05) is 0 Å². The van der Waals surface area contributed by atoms with Crippen LogP contribution >= 0.6 is 0 Å². The van der Waals surface area contributed by atoms with Crippen molar-refractivity contribution in [2.24, 2.45) is 0 Å². The molecule has 0 unspecified atom stereocenters. The average molecular weight is 288 g/mol. The van der Waals surface area contributed by atoms with Gasteiger partial charge in [0.25, 0.3) is 5.82 Å². The molecule has 0 atom stereocenters. The Hall–Kier alpha value is -1.90. The number of hydrogen-bond donors (Lipinski definition) is 0. The highest BCUT2D eigenvalue weighted by Crippen LogP contribution is 2.16. The summed E-state index contributed by atoms with van der Waals surface area (Å²) in [6, 6.07) is 8.04. The van der Waals surface area contributed by atoms with Crippen LogP contribution in [0.2, 0.25) is 0 Å². The number of fused-ring (bicyclic) bond motifs is 1. The monoisotopic (exact) mass is 288 g/mol. The van der Waals surface area contributed by atoms with Crippen LogP contribution in [0.15, 0.2) is 18.2 Å². The van der Waals surface area contributed by atoms with Crippen LogP contribution in [0.3, 0.4) is 0 Å². The Labute approximate surface area is 125 Å². The van der Waals surface area contributed by atoms with Crippen molar-refractivity contribution in [1.29, 1.82) is 5.26 Å². The van der Waals surface area contributed by atoms with E-state index in [0.29, 0.717) is 25.4 Å². The van der Waals surface area contributed by atoms with Crippen LogP contribution in [0.4, 0.5) is 0 Å². The highest BCUT2D eigenvalue weighted by Gasteiger charge is 2.20. The summed E-state index contributed by atoms with van der Waals surface area (Å²) in [5, 5.41) is 9.09. The molecular weight excluding hydrogens is 266 g/mol. The van der Waals surface area contributed by atoms with E-state index in [1.165, 1.54) is 5.82 Å². The molecule has 0 saturated heterocycles. The lowest BCUT2D eigenvalue weighted by molar-refractivity contribution is -0.675. The fourth-order valence-electron chi connectivity index (χ4n) is 2.61. The van der Waals surface area contributed by atoms with Gasteiger partial charge >= 0.3 is 0 Å². The van der Waals surface area contributed by atoms with Gasteiger partial charge in [0, 0.05) is 20.1 Å². The summed E-state index contributed by atoms with van der Waals surface area (Å²) in [4.78, 5) is 0. The number of benzene rings is 1. The summed E-state index contributed by atoms with van der Waals surface area (Å²) in [5.74, 6) is 1.18. The minimum Gasteiger partial charge on any atom is -0.382 e. The lowest BCUT2D eigenvalue weighted by Crippen LogP contribution is -2.35. The minimum absolute atomic E-state index is 0.603. The Morgan fingerprint density at radius 2 is 2.10 bits per heavy atom. The largest absolute Gasteiger partial charge is 0.382 e. The zero-order chi connectivity index (χ0) is 15.2. The van der Waals surface area contributed by atoms with Crippen molar-refractivity contribution < 1.29 is 14.0 Å². The molecule has 2 rings (SSSR count). The molecule has 0 radical (unpaired) electrons. The van der Waals surface area contributed by atoms with E-state index in [4.69, 9.17) is 14.7 Å². The van der Waals surface area contributed by atoms with Crippen LogP contribution in [0.1, 0.15) is 18.3 Å². The smallest absolute Gasteiger partial charge is 0.254 e. The Morgan fingerprint density at radius 1 is 1.29 bits per heavy atom. The SMILES string of the molecule is CC[n+]1c(C)n(CCOCCOC)c2cc(C#N)ccc21. The average Bonchev–Trinajstić information content (AvgIpc) is 2.77. The van der Waals surface area contributed by atoms with E-state index in [0.717, 1.165) is 24.1 Å². The summed E-state index contributed by atoms with van der Waals surface area (Å²) in [6.45, 7) is 7.76. The van der Waals surface area contributed by atoms with E-state index < -0.39 is 0 Å². The quantitative estimate of drug-likeness (QED) is 0.576. The molecule has 0 fully saturated rings. The maximum absolute atomic E-state index is 9.09. The Bertz CT molecular complexity index is 656. The molecule has 21 heavy (non-hydrogen) atoms. The number of hydrogen-bond acceptors (Lipinski definition) is 3. The summed E-state index contributed by atoms with van der Waals surface area (Å²) in [6.07, 6.45) is 0. The van der Waals surface area contributed by atoms with E-state index in [2.05, 4.69) is 29.1 Å². The normalized spacial score (nSPS) is 11.0. The summed E-state index contributed by atoms with van der Waals surface area (Å²) < 4.78 is 15.0. The second kappa shape index (κ2) is 7.21. The predicted molar refractivity (Wildman–Crippen MR) is 80.0 cm³/mol. The third-order valence-electron chi connectivity index (χ3n) is 3.67. The number of aromatic nitrogens is 2. The minimum atomic E-state index is 0.603. The molecule has 0 aliphatic carbocycles. The van der Waals surface area contributed by atoms with E-state index in [1.807, 2.05) is 18.2 Å². The summed E-state index contributed by atoms with van der Waals surface area (Å²) in [5.41, 5.74) is 2.93. The van der Waals surface area contributed by atoms with Gasteiger partial charge in [0.1, 0.15) is 6.54 Å². The molecule has 112 valence electrons. The highest BCUT2D eigenvalue weighted by atomic mass is 16.5. The van der Waals surface area contributed by atoms with Crippen LogP contribution in [0.5, 0.6) is 0 Å². The number of ether oxygens (including phenoxy) is 2. The number of methoxy groups -OCH3 is 1. The summed E-state index contributed by atoms with van der Waals surface area (Å²) in [7, 11) is 1.67. The van der Waals surface area contributed by atoms with Gasteiger partial charge in [-0.05, 0) is 19.1 Å². The van der Waals surface area contributed by atoms with Crippen molar-refractivity contribution in [3.05, 3.63) is 29.6 Å². The fraction of sp³-hybridized carbons (Fsp3) is 0.500. The number of rotatable bonds is 7. The van der Waals surface area contributed by atoms with Crippen molar-refractivity contribution in [3.63, 3.8) is 0 Å². The standard InChI is InChI=1S/C16H22N3O2/c1-4-18-13(2)19(7-8-21-10-9-20-3)16-11-14(12-17)5-6-15(16)18/h5-6,11H,4,7-10H2,1-3H3/q+1. The maximum Gasteiger partial charge on any atom is 0.254 e. The van der Waals surface area contributed by atoms with Crippen molar-refractivity contribution in [2.75, 3.05) is 26.9 Å². The van der Waals surface area contributed by atoms with Crippen LogP contribution in [-0.2, 0) is 22.6 Å². The van der Waals surface area contributed by atoms with Gasteiger partial charge in [0.2, 0.25) is 0 Å². The van der Waals surface area contributed by atoms with E-state index in [-0.39, 0.29) is 0 Å². The molecule has 5 heteroatoms. The first kappa shape index (κ1) is 15.5. The molecule has 1 heterocycles. The molecule has 1 aromatic carbocycles. The topological polar surface area (TPSA) is 51.1 Å². The molecule has 0 aliphatic rings. The number of aryl methyl sites for hydroxylation is 1. The molecule has 0 aliphatic heterocycles. The molecular formula is C16H22N3O2+. The van der Waals surface area contributed by atoms with Gasteiger partial charge in [-0.25, -0.2) is 9.13 Å². The van der Waals surface area contributed by atoms with Crippen molar-refractivity contribution in [3.8, 4) is 6.07 Å². The predicted octanol–water partition coefficient (Wildman–Crippen LogP) is 1.79. The third kappa shape index (κ3) is 3.23. The van der Waals surface area contributed by atoms with Gasteiger partial charge in [0.05, 0.1) is 38.0 Å². The lowest BCUT2D eigenvalue weighted by Gasteiger charge is -2.03. The zero-order valence-corrected chi connectivity index (χ0v) is 12.9. The van der Waals surface area contributed by atoms with Crippen molar-refractivity contribution in [2.45, 2.75) is 26.9 Å². The second-order valence-corrected chi connectivity index (χ2v) is 4.86. The first-order valence-corrected chi connectivity index (χ1v) is 7.22. The van der Waals surface area contributed by atoms with E-state index in [1.54, 1.807) is 7.11 Å². The van der Waals surface area contributed by atoms with Gasteiger partial charge in [0.15, 0.2) is 11.0 Å². The van der Waals surface area contributed by atoms with Gasteiger partial charge < -0.3 is 9.47 Å². The molecule has 0 N–H and O–H groups in total. The number of imidazole rings is 1. The summed E-state index contributed by atoms with van der Waals surface area (Å²) >= 11 is 0. The molecule has 0 saturated carbocycles. The van der Waals surface area contributed by atoms with Crippen molar-refractivity contribution >= 4 is 11.0 Å². The van der Waals surface area contributed by atoms with Gasteiger partial charge in [-0.3, -0.25) is 0 Å². The third-order valence-corrected chi connectivity index (χ3v) is 3.67. The first-order valence-electron chi connectivity index (χ1n) is 7.22. The van der Waals surface area contributed by atoms with Crippen LogP contribution in [-0.4, -0.2) is 31.5 Å². The molecule has 0 bridgehead atoms.